The van der Waals surface area contributed by atoms with Crippen LogP contribution in [0.4, 0.5) is 0 Å². The van der Waals surface area contributed by atoms with Crippen LogP contribution in [0.2, 0.25) is 0 Å². The SMILES string of the molecule is CCOC(=O)C(=O)NCC1(CC)CC1. The summed E-state index contributed by atoms with van der Waals surface area (Å²) < 4.78 is 4.57. The molecule has 0 saturated heterocycles. The second-order valence-corrected chi connectivity index (χ2v) is 3.76. The molecule has 0 aromatic rings. The summed E-state index contributed by atoms with van der Waals surface area (Å²) in [7, 11) is 0. The van der Waals surface area contributed by atoms with E-state index in [-0.39, 0.29) is 12.0 Å². The smallest absolute Gasteiger partial charge is 0.396 e. The number of carbonyl (C=O) groups excluding carboxylic acids is 2. The predicted octanol–water partition coefficient (Wildman–Crippen LogP) is 0.856. The van der Waals surface area contributed by atoms with Crippen molar-refractivity contribution in [1.82, 2.24) is 5.32 Å². The average Bonchev–Trinajstić information content (AvgIpc) is 2.95. The fourth-order valence-electron chi connectivity index (χ4n) is 1.37. The number of hydrogen-bond donors (Lipinski definition) is 1. The van der Waals surface area contributed by atoms with Crippen LogP contribution in [0.1, 0.15) is 33.1 Å². The van der Waals surface area contributed by atoms with Crippen LogP contribution < -0.4 is 5.32 Å². The summed E-state index contributed by atoms with van der Waals surface area (Å²) in [6.07, 6.45) is 3.34. The summed E-state index contributed by atoms with van der Waals surface area (Å²) in [5, 5.41) is 2.61. The highest BCUT2D eigenvalue weighted by Gasteiger charge is 2.41. The van der Waals surface area contributed by atoms with Crippen LogP contribution >= 0.6 is 0 Å². The van der Waals surface area contributed by atoms with Gasteiger partial charge in [0.25, 0.3) is 0 Å². The summed E-state index contributed by atoms with van der Waals surface area (Å²) in [6.45, 7) is 4.62. The Bertz CT molecular complexity index is 234. The zero-order chi connectivity index (χ0) is 10.6. The molecule has 1 N–H and O–H groups in total. The first kappa shape index (κ1) is 11.0. The van der Waals surface area contributed by atoms with E-state index in [1.54, 1.807) is 6.92 Å². The fourth-order valence-corrected chi connectivity index (χ4v) is 1.37. The molecule has 4 nitrogen and oxygen atoms in total. The highest BCUT2D eigenvalue weighted by atomic mass is 16.5. The molecule has 14 heavy (non-hydrogen) atoms. The zero-order valence-electron chi connectivity index (χ0n) is 8.76. The third-order valence-corrected chi connectivity index (χ3v) is 2.79. The molecular weight excluding hydrogens is 182 g/mol. The molecule has 1 aliphatic rings. The molecule has 0 bridgehead atoms. The van der Waals surface area contributed by atoms with Gasteiger partial charge in [0.15, 0.2) is 0 Å². The molecule has 1 rings (SSSR count). The molecule has 1 fully saturated rings. The Hall–Kier alpha value is -1.06. The lowest BCUT2D eigenvalue weighted by molar-refractivity contribution is -0.154. The van der Waals surface area contributed by atoms with Gasteiger partial charge in [-0.15, -0.1) is 0 Å². The van der Waals surface area contributed by atoms with Gasteiger partial charge in [0, 0.05) is 6.54 Å². The van der Waals surface area contributed by atoms with E-state index in [0.29, 0.717) is 6.54 Å². The van der Waals surface area contributed by atoms with Crippen LogP contribution in [0.25, 0.3) is 0 Å². The van der Waals surface area contributed by atoms with Crippen molar-refractivity contribution in [3.8, 4) is 0 Å². The molecule has 0 aromatic carbocycles. The Balaban J connectivity index is 2.24. The van der Waals surface area contributed by atoms with Crippen LogP contribution in [0, 0.1) is 5.41 Å². The first-order valence-electron chi connectivity index (χ1n) is 5.08. The van der Waals surface area contributed by atoms with Crippen molar-refractivity contribution in [2.45, 2.75) is 33.1 Å². The van der Waals surface area contributed by atoms with E-state index in [4.69, 9.17) is 0 Å². The highest BCUT2D eigenvalue weighted by Crippen LogP contribution is 2.47. The van der Waals surface area contributed by atoms with Crippen molar-refractivity contribution >= 4 is 11.9 Å². The van der Waals surface area contributed by atoms with Crippen LogP contribution in [0.15, 0.2) is 0 Å². The standard InChI is InChI=1S/C10H17NO3/c1-3-10(5-6-10)7-11-8(12)9(13)14-4-2/h3-7H2,1-2H3,(H,11,12). The second kappa shape index (κ2) is 4.44. The zero-order valence-corrected chi connectivity index (χ0v) is 8.76. The normalized spacial score (nSPS) is 17.3. The lowest BCUT2D eigenvalue weighted by Crippen LogP contribution is -2.36. The molecule has 1 amide bonds. The van der Waals surface area contributed by atoms with E-state index >= 15 is 0 Å². The minimum atomic E-state index is -0.778. The Morgan fingerprint density at radius 1 is 1.36 bits per heavy atom. The van der Waals surface area contributed by atoms with Crippen LogP contribution in [0.3, 0.4) is 0 Å². The van der Waals surface area contributed by atoms with E-state index in [9.17, 15) is 9.59 Å². The number of hydrogen-bond acceptors (Lipinski definition) is 3. The molecule has 0 radical (unpaired) electrons. The van der Waals surface area contributed by atoms with E-state index in [1.807, 2.05) is 0 Å². The number of amides is 1. The number of ether oxygens (including phenoxy) is 1. The van der Waals surface area contributed by atoms with Crippen molar-refractivity contribution in [2.75, 3.05) is 13.2 Å². The van der Waals surface area contributed by atoms with Gasteiger partial charge in [0.2, 0.25) is 0 Å². The van der Waals surface area contributed by atoms with Gasteiger partial charge in [0.05, 0.1) is 6.61 Å². The Kier molecular flexibility index (Phi) is 3.49. The molecule has 4 heteroatoms. The van der Waals surface area contributed by atoms with Crippen LogP contribution in [-0.4, -0.2) is 25.0 Å². The summed E-state index contributed by atoms with van der Waals surface area (Å²) >= 11 is 0. The first-order chi connectivity index (χ1) is 6.63. The fraction of sp³-hybridized carbons (Fsp3) is 0.800. The van der Waals surface area contributed by atoms with Crippen molar-refractivity contribution in [1.29, 1.82) is 0 Å². The monoisotopic (exact) mass is 199 g/mol. The van der Waals surface area contributed by atoms with Crippen LogP contribution in [0.5, 0.6) is 0 Å². The topological polar surface area (TPSA) is 55.4 Å². The van der Waals surface area contributed by atoms with Gasteiger partial charge < -0.3 is 10.1 Å². The molecule has 80 valence electrons. The minimum absolute atomic E-state index is 0.241. The first-order valence-corrected chi connectivity index (χ1v) is 5.08. The largest absolute Gasteiger partial charge is 0.459 e. The van der Waals surface area contributed by atoms with Gasteiger partial charge >= 0.3 is 11.9 Å². The van der Waals surface area contributed by atoms with Crippen molar-refractivity contribution in [2.24, 2.45) is 5.41 Å². The van der Waals surface area contributed by atoms with Crippen molar-refractivity contribution < 1.29 is 14.3 Å². The summed E-state index contributed by atoms with van der Waals surface area (Å²) in [6, 6.07) is 0. The van der Waals surface area contributed by atoms with Gasteiger partial charge in [-0.1, -0.05) is 6.92 Å². The number of nitrogens with one attached hydrogen (secondary N) is 1. The molecular formula is C10H17NO3. The number of carbonyl (C=O) groups is 2. The summed E-state index contributed by atoms with van der Waals surface area (Å²) in [5.74, 6) is -1.40. The summed E-state index contributed by atoms with van der Waals surface area (Å²) in [5.41, 5.74) is 0.266. The van der Waals surface area contributed by atoms with Gasteiger partial charge in [-0.05, 0) is 31.6 Å². The molecule has 0 aromatic heterocycles. The van der Waals surface area contributed by atoms with E-state index in [1.165, 1.54) is 0 Å². The average molecular weight is 199 g/mol. The molecule has 0 spiro atoms. The Morgan fingerprint density at radius 3 is 2.43 bits per heavy atom. The van der Waals surface area contributed by atoms with Crippen molar-refractivity contribution in [3.63, 3.8) is 0 Å². The number of rotatable bonds is 4. The predicted molar refractivity (Wildman–Crippen MR) is 51.6 cm³/mol. The lowest BCUT2D eigenvalue weighted by Gasteiger charge is -2.12. The molecule has 1 aliphatic carbocycles. The van der Waals surface area contributed by atoms with Crippen molar-refractivity contribution in [3.05, 3.63) is 0 Å². The molecule has 0 aliphatic heterocycles. The maximum atomic E-state index is 11.1. The van der Waals surface area contributed by atoms with Gasteiger partial charge in [0.1, 0.15) is 0 Å². The van der Waals surface area contributed by atoms with Crippen LogP contribution in [-0.2, 0) is 14.3 Å². The highest BCUT2D eigenvalue weighted by molar-refractivity contribution is 6.32. The second-order valence-electron chi connectivity index (χ2n) is 3.76. The Labute approximate surface area is 84.0 Å². The summed E-state index contributed by atoms with van der Waals surface area (Å²) in [4.78, 5) is 22.1. The third-order valence-electron chi connectivity index (χ3n) is 2.79. The molecule has 0 heterocycles. The van der Waals surface area contributed by atoms with Gasteiger partial charge in [-0.3, -0.25) is 4.79 Å². The van der Waals surface area contributed by atoms with E-state index < -0.39 is 11.9 Å². The molecule has 0 unspecified atom stereocenters. The third kappa shape index (κ3) is 2.72. The maximum Gasteiger partial charge on any atom is 0.396 e. The minimum Gasteiger partial charge on any atom is -0.459 e. The Morgan fingerprint density at radius 2 is 2.00 bits per heavy atom. The maximum absolute atomic E-state index is 11.1. The van der Waals surface area contributed by atoms with Gasteiger partial charge in [-0.25, -0.2) is 4.79 Å². The lowest BCUT2D eigenvalue weighted by atomic mass is 10.0. The quantitative estimate of drug-likeness (QED) is 0.539. The van der Waals surface area contributed by atoms with Gasteiger partial charge in [-0.2, -0.15) is 0 Å². The number of esters is 1. The van der Waals surface area contributed by atoms with E-state index in [0.717, 1.165) is 19.3 Å². The molecule has 1 saturated carbocycles. The van der Waals surface area contributed by atoms with E-state index in [2.05, 4.69) is 17.0 Å². The molecule has 0 atom stereocenters.